The lowest BCUT2D eigenvalue weighted by Gasteiger charge is -2.19. The van der Waals surface area contributed by atoms with E-state index in [1.54, 1.807) is 0 Å². The van der Waals surface area contributed by atoms with E-state index in [9.17, 15) is 4.79 Å². The van der Waals surface area contributed by atoms with Crippen LogP contribution in [0.25, 0.3) is 5.57 Å². The molecule has 1 aliphatic heterocycles. The van der Waals surface area contributed by atoms with Gasteiger partial charge < -0.3 is 14.6 Å². The Balaban J connectivity index is 2.00. The Hall–Kier alpha value is -1.97. The number of carboxylic acids is 1. The van der Waals surface area contributed by atoms with Crippen molar-refractivity contribution in [1.29, 1.82) is 0 Å². The van der Waals surface area contributed by atoms with Crippen LogP contribution < -0.4 is 9.47 Å². The minimum Gasteiger partial charge on any atom is -0.486 e. The Morgan fingerprint density at radius 1 is 1.32 bits per heavy atom. The lowest BCUT2D eigenvalue weighted by molar-refractivity contribution is -0.137. The first-order chi connectivity index (χ1) is 9.16. The maximum Gasteiger partial charge on any atom is 0.303 e. The van der Waals surface area contributed by atoms with Crippen LogP contribution in [0.1, 0.15) is 31.7 Å². The number of carbonyl (C=O) groups is 1. The van der Waals surface area contributed by atoms with E-state index in [4.69, 9.17) is 14.6 Å². The number of rotatable bonds is 5. The second-order valence-corrected chi connectivity index (χ2v) is 4.53. The van der Waals surface area contributed by atoms with Crippen molar-refractivity contribution in [3.8, 4) is 11.5 Å². The summed E-state index contributed by atoms with van der Waals surface area (Å²) in [6.07, 6.45) is 3.71. The normalized spacial score (nSPS) is 14.3. The molecular weight excluding hydrogens is 244 g/mol. The Bertz CT molecular complexity index is 491. The molecule has 0 spiro atoms. The molecule has 19 heavy (non-hydrogen) atoms. The van der Waals surface area contributed by atoms with Gasteiger partial charge in [-0.25, -0.2) is 0 Å². The summed E-state index contributed by atoms with van der Waals surface area (Å²) in [7, 11) is 0. The van der Waals surface area contributed by atoms with E-state index in [1.807, 2.05) is 25.1 Å². The van der Waals surface area contributed by atoms with Gasteiger partial charge in [-0.2, -0.15) is 0 Å². The van der Waals surface area contributed by atoms with Crippen LogP contribution in [0.4, 0.5) is 0 Å². The molecule has 0 radical (unpaired) electrons. The van der Waals surface area contributed by atoms with Gasteiger partial charge in [-0.1, -0.05) is 12.1 Å². The highest BCUT2D eigenvalue weighted by Gasteiger charge is 2.11. The second-order valence-electron chi connectivity index (χ2n) is 4.53. The molecule has 1 aromatic rings. The second kappa shape index (κ2) is 6.27. The summed E-state index contributed by atoms with van der Waals surface area (Å²) in [6, 6.07) is 5.88. The van der Waals surface area contributed by atoms with Crippen molar-refractivity contribution in [3.63, 3.8) is 0 Å². The molecule has 0 fully saturated rings. The van der Waals surface area contributed by atoms with Gasteiger partial charge in [0.05, 0.1) is 0 Å². The molecule has 0 unspecified atom stereocenters. The lowest BCUT2D eigenvalue weighted by Crippen LogP contribution is -2.15. The number of hydrogen-bond donors (Lipinski definition) is 1. The van der Waals surface area contributed by atoms with Gasteiger partial charge in [0.2, 0.25) is 0 Å². The van der Waals surface area contributed by atoms with E-state index >= 15 is 0 Å². The molecule has 0 aliphatic carbocycles. The van der Waals surface area contributed by atoms with Crippen LogP contribution in [-0.4, -0.2) is 24.3 Å². The predicted molar refractivity (Wildman–Crippen MR) is 72.6 cm³/mol. The van der Waals surface area contributed by atoms with E-state index in [2.05, 4.69) is 6.08 Å². The van der Waals surface area contributed by atoms with Gasteiger partial charge in [0.25, 0.3) is 0 Å². The fraction of sp³-hybridized carbons (Fsp3) is 0.400. The first-order valence-corrected chi connectivity index (χ1v) is 6.45. The molecular formula is C15H18O4. The molecule has 0 amide bonds. The summed E-state index contributed by atoms with van der Waals surface area (Å²) in [5.41, 5.74) is 2.21. The maximum absolute atomic E-state index is 10.4. The molecule has 0 saturated heterocycles. The summed E-state index contributed by atoms with van der Waals surface area (Å²) in [5.74, 6) is 0.820. The number of unbranched alkanes of at least 4 members (excludes halogenated alkanes) is 1. The minimum absolute atomic E-state index is 0.213. The summed E-state index contributed by atoms with van der Waals surface area (Å²) >= 11 is 0. The molecule has 2 rings (SSSR count). The van der Waals surface area contributed by atoms with Gasteiger partial charge in [-0.3, -0.25) is 4.79 Å². The molecule has 102 valence electrons. The van der Waals surface area contributed by atoms with Crippen LogP contribution in [0.3, 0.4) is 0 Å². The number of benzene rings is 1. The Morgan fingerprint density at radius 2 is 2.05 bits per heavy atom. The number of fused-ring (bicyclic) bond motifs is 1. The highest BCUT2D eigenvalue weighted by Crippen LogP contribution is 2.32. The molecule has 0 saturated carbocycles. The zero-order chi connectivity index (χ0) is 13.7. The van der Waals surface area contributed by atoms with Crippen molar-refractivity contribution in [2.75, 3.05) is 13.2 Å². The number of hydrogen-bond acceptors (Lipinski definition) is 3. The quantitative estimate of drug-likeness (QED) is 0.828. The lowest BCUT2D eigenvalue weighted by atomic mass is 10.0. The van der Waals surface area contributed by atoms with Crippen molar-refractivity contribution < 1.29 is 19.4 Å². The van der Waals surface area contributed by atoms with Crippen LogP contribution in [0.15, 0.2) is 24.3 Å². The van der Waals surface area contributed by atoms with Crippen LogP contribution in [0, 0.1) is 0 Å². The average molecular weight is 262 g/mol. The van der Waals surface area contributed by atoms with Crippen LogP contribution in [-0.2, 0) is 4.79 Å². The van der Waals surface area contributed by atoms with E-state index in [0.717, 1.165) is 29.1 Å². The molecule has 0 bridgehead atoms. The zero-order valence-corrected chi connectivity index (χ0v) is 11.0. The third kappa shape index (κ3) is 3.74. The summed E-state index contributed by atoms with van der Waals surface area (Å²) in [6.45, 7) is 3.19. The number of allylic oxidation sites excluding steroid dienone is 2. The summed E-state index contributed by atoms with van der Waals surface area (Å²) in [4.78, 5) is 10.4. The largest absolute Gasteiger partial charge is 0.486 e. The smallest absolute Gasteiger partial charge is 0.303 e. The molecule has 0 aromatic heterocycles. The number of carboxylic acid groups (broad SMARTS) is 1. The number of ether oxygens (including phenoxy) is 2. The molecule has 1 aromatic carbocycles. The molecule has 4 heteroatoms. The van der Waals surface area contributed by atoms with Crippen LogP contribution >= 0.6 is 0 Å². The predicted octanol–water partition coefficient (Wildman–Crippen LogP) is 3.12. The van der Waals surface area contributed by atoms with E-state index in [0.29, 0.717) is 19.6 Å². The maximum atomic E-state index is 10.4. The van der Waals surface area contributed by atoms with Crippen molar-refractivity contribution >= 4 is 11.5 Å². The van der Waals surface area contributed by atoms with Crippen molar-refractivity contribution in [1.82, 2.24) is 0 Å². The van der Waals surface area contributed by atoms with Crippen molar-refractivity contribution in [3.05, 3.63) is 29.8 Å². The Kier molecular flexibility index (Phi) is 4.44. The molecule has 4 nitrogen and oxygen atoms in total. The molecule has 1 heterocycles. The fourth-order valence-electron chi connectivity index (χ4n) is 1.98. The van der Waals surface area contributed by atoms with Crippen LogP contribution in [0.2, 0.25) is 0 Å². The van der Waals surface area contributed by atoms with Gasteiger partial charge in [-0.15, -0.1) is 0 Å². The van der Waals surface area contributed by atoms with Gasteiger partial charge in [0.15, 0.2) is 11.5 Å². The minimum atomic E-state index is -0.745. The van der Waals surface area contributed by atoms with Gasteiger partial charge >= 0.3 is 5.97 Å². The molecule has 0 atom stereocenters. The zero-order valence-electron chi connectivity index (χ0n) is 11.0. The Morgan fingerprint density at radius 3 is 2.79 bits per heavy atom. The first-order valence-electron chi connectivity index (χ1n) is 6.45. The van der Waals surface area contributed by atoms with Crippen LogP contribution in [0.5, 0.6) is 11.5 Å². The number of aliphatic carboxylic acids is 1. The SMILES string of the molecule is C/C(=C\CCCC(=O)O)c1ccc2c(c1)OCCO2. The highest BCUT2D eigenvalue weighted by atomic mass is 16.6. The first kappa shape index (κ1) is 13.5. The van der Waals surface area contributed by atoms with Gasteiger partial charge in [-0.05, 0) is 43.0 Å². The average Bonchev–Trinajstić information content (AvgIpc) is 2.42. The molecule has 1 aliphatic rings. The topological polar surface area (TPSA) is 55.8 Å². The van der Waals surface area contributed by atoms with Gasteiger partial charge in [0, 0.05) is 6.42 Å². The third-order valence-corrected chi connectivity index (χ3v) is 3.04. The van der Waals surface area contributed by atoms with E-state index in [1.165, 1.54) is 0 Å². The Labute approximate surface area is 112 Å². The van der Waals surface area contributed by atoms with Crippen molar-refractivity contribution in [2.24, 2.45) is 0 Å². The highest BCUT2D eigenvalue weighted by molar-refractivity contribution is 5.67. The van der Waals surface area contributed by atoms with E-state index < -0.39 is 5.97 Å². The molecule has 1 N–H and O–H groups in total. The van der Waals surface area contributed by atoms with Crippen molar-refractivity contribution in [2.45, 2.75) is 26.2 Å². The van der Waals surface area contributed by atoms with Gasteiger partial charge in [0.1, 0.15) is 13.2 Å². The standard InChI is InChI=1S/C15H18O4/c1-11(4-2-3-5-15(16)17)12-6-7-13-14(10-12)19-9-8-18-13/h4,6-7,10H,2-3,5,8-9H2,1H3,(H,16,17)/b11-4+. The summed E-state index contributed by atoms with van der Waals surface area (Å²) in [5, 5.41) is 8.58. The van der Waals surface area contributed by atoms with E-state index in [-0.39, 0.29) is 6.42 Å². The third-order valence-electron chi connectivity index (χ3n) is 3.04. The fourth-order valence-corrected chi connectivity index (χ4v) is 1.98. The monoisotopic (exact) mass is 262 g/mol. The summed E-state index contributed by atoms with van der Waals surface area (Å²) < 4.78 is 11.0.